The molecular formula is C13H18ClNO2. The number of rotatable bonds is 6. The molecule has 0 bridgehead atoms. The van der Waals surface area contributed by atoms with Crippen LogP contribution in [0.4, 0.5) is 0 Å². The highest BCUT2D eigenvalue weighted by Gasteiger charge is 2.11. The maximum Gasteiger partial charge on any atom is 0.252 e. The molecular weight excluding hydrogens is 238 g/mol. The Balaban J connectivity index is 2.52. The molecule has 0 aliphatic carbocycles. The van der Waals surface area contributed by atoms with E-state index in [2.05, 4.69) is 5.32 Å². The van der Waals surface area contributed by atoms with Crippen LogP contribution in [0.2, 0.25) is 5.02 Å². The molecule has 0 aliphatic rings. The SMILES string of the molecule is CCC(CCO)CNC(=O)c1ccccc1Cl. The van der Waals surface area contributed by atoms with Crippen LogP contribution in [0.3, 0.4) is 0 Å². The molecule has 0 fully saturated rings. The lowest BCUT2D eigenvalue weighted by molar-refractivity contribution is 0.0943. The smallest absolute Gasteiger partial charge is 0.252 e. The van der Waals surface area contributed by atoms with Gasteiger partial charge in [-0.3, -0.25) is 4.79 Å². The first-order chi connectivity index (χ1) is 8.19. The van der Waals surface area contributed by atoms with Gasteiger partial charge in [0.05, 0.1) is 10.6 Å². The van der Waals surface area contributed by atoms with Crippen LogP contribution in [0.5, 0.6) is 0 Å². The predicted octanol–water partition coefficient (Wildman–Crippen LogP) is 2.48. The molecule has 0 aliphatic heterocycles. The van der Waals surface area contributed by atoms with E-state index in [0.29, 0.717) is 29.5 Å². The number of amides is 1. The molecule has 4 heteroatoms. The van der Waals surface area contributed by atoms with Crippen molar-refractivity contribution in [2.45, 2.75) is 19.8 Å². The van der Waals surface area contributed by atoms with Crippen molar-refractivity contribution in [2.24, 2.45) is 5.92 Å². The second kappa shape index (κ2) is 7.30. The van der Waals surface area contributed by atoms with Crippen molar-refractivity contribution in [2.75, 3.05) is 13.2 Å². The molecule has 1 aromatic carbocycles. The molecule has 17 heavy (non-hydrogen) atoms. The molecule has 0 saturated heterocycles. The van der Waals surface area contributed by atoms with Crippen molar-refractivity contribution < 1.29 is 9.90 Å². The fourth-order valence-corrected chi connectivity index (χ4v) is 1.83. The molecule has 1 aromatic rings. The van der Waals surface area contributed by atoms with Gasteiger partial charge in [0.1, 0.15) is 0 Å². The number of aliphatic hydroxyl groups excluding tert-OH is 1. The third-order valence-electron chi connectivity index (χ3n) is 2.78. The van der Waals surface area contributed by atoms with E-state index in [-0.39, 0.29) is 12.5 Å². The second-order valence-corrected chi connectivity index (χ2v) is 4.38. The number of hydrogen-bond donors (Lipinski definition) is 2. The maximum absolute atomic E-state index is 11.8. The zero-order chi connectivity index (χ0) is 12.7. The molecule has 0 aromatic heterocycles. The highest BCUT2D eigenvalue weighted by atomic mass is 35.5. The van der Waals surface area contributed by atoms with Gasteiger partial charge in [0, 0.05) is 13.2 Å². The molecule has 1 rings (SSSR count). The van der Waals surface area contributed by atoms with Crippen LogP contribution >= 0.6 is 11.6 Å². The monoisotopic (exact) mass is 255 g/mol. The van der Waals surface area contributed by atoms with Gasteiger partial charge in [0.2, 0.25) is 0 Å². The van der Waals surface area contributed by atoms with E-state index < -0.39 is 0 Å². The standard InChI is InChI=1S/C13H18ClNO2/c1-2-10(7-8-16)9-15-13(17)11-5-3-4-6-12(11)14/h3-6,10,16H,2,7-9H2,1H3,(H,15,17). The maximum atomic E-state index is 11.8. The number of hydrogen-bond acceptors (Lipinski definition) is 2. The Kier molecular flexibility index (Phi) is 6.01. The van der Waals surface area contributed by atoms with Crippen molar-refractivity contribution in [3.05, 3.63) is 34.9 Å². The summed E-state index contributed by atoms with van der Waals surface area (Å²) in [4.78, 5) is 11.8. The van der Waals surface area contributed by atoms with Gasteiger partial charge in [0.15, 0.2) is 0 Å². The molecule has 94 valence electrons. The first kappa shape index (κ1) is 14.0. The fourth-order valence-electron chi connectivity index (χ4n) is 1.61. The summed E-state index contributed by atoms with van der Waals surface area (Å²) in [6.07, 6.45) is 1.64. The summed E-state index contributed by atoms with van der Waals surface area (Å²) in [5, 5.41) is 12.2. The van der Waals surface area contributed by atoms with Gasteiger partial charge in [0.25, 0.3) is 5.91 Å². The Labute approximate surface area is 107 Å². The highest BCUT2D eigenvalue weighted by molar-refractivity contribution is 6.33. The molecule has 1 amide bonds. The summed E-state index contributed by atoms with van der Waals surface area (Å²) < 4.78 is 0. The fraction of sp³-hybridized carbons (Fsp3) is 0.462. The minimum Gasteiger partial charge on any atom is -0.396 e. The van der Waals surface area contributed by atoms with E-state index in [1.807, 2.05) is 6.92 Å². The molecule has 0 spiro atoms. The van der Waals surface area contributed by atoms with Gasteiger partial charge < -0.3 is 10.4 Å². The minimum atomic E-state index is -0.160. The predicted molar refractivity (Wildman–Crippen MR) is 69.3 cm³/mol. The Morgan fingerprint density at radius 1 is 1.47 bits per heavy atom. The average molecular weight is 256 g/mol. The van der Waals surface area contributed by atoms with Crippen LogP contribution in [0.1, 0.15) is 30.1 Å². The van der Waals surface area contributed by atoms with Gasteiger partial charge >= 0.3 is 0 Å². The van der Waals surface area contributed by atoms with Gasteiger partial charge in [-0.1, -0.05) is 37.1 Å². The highest BCUT2D eigenvalue weighted by Crippen LogP contribution is 2.15. The van der Waals surface area contributed by atoms with E-state index >= 15 is 0 Å². The molecule has 1 unspecified atom stereocenters. The van der Waals surface area contributed by atoms with Gasteiger partial charge in [-0.05, 0) is 24.5 Å². The van der Waals surface area contributed by atoms with Crippen molar-refractivity contribution in [3.8, 4) is 0 Å². The number of aliphatic hydroxyl groups is 1. The summed E-state index contributed by atoms with van der Waals surface area (Å²) in [5.41, 5.74) is 0.494. The summed E-state index contributed by atoms with van der Waals surface area (Å²) >= 11 is 5.93. The van der Waals surface area contributed by atoms with Crippen molar-refractivity contribution in [3.63, 3.8) is 0 Å². The van der Waals surface area contributed by atoms with E-state index in [1.165, 1.54) is 0 Å². The second-order valence-electron chi connectivity index (χ2n) is 3.98. The molecule has 1 atom stereocenters. The van der Waals surface area contributed by atoms with Crippen molar-refractivity contribution in [1.29, 1.82) is 0 Å². The molecule has 3 nitrogen and oxygen atoms in total. The lowest BCUT2D eigenvalue weighted by Crippen LogP contribution is -2.29. The lowest BCUT2D eigenvalue weighted by Gasteiger charge is -2.14. The molecule has 0 heterocycles. The number of benzene rings is 1. The van der Waals surface area contributed by atoms with Gasteiger partial charge in [-0.2, -0.15) is 0 Å². The zero-order valence-corrected chi connectivity index (χ0v) is 10.7. The van der Waals surface area contributed by atoms with Crippen LogP contribution in [-0.4, -0.2) is 24.2 Å². The van der Waals surface area contributed by atoms with E-state index in [4.69, 9.17) is 16.7 Å². The van der Waals surface area contributed by atoms with Crippen LogP contribution < -0.4 is 5.32 Å². The topological polar surface area (TPSA) is 49.3 Å². The number of halogens is 1. The van der Waals surface area contributed by atoms with Crippen LogP contribution in [0.15, 0.2) is 24.3 Å². The Bertz CT molecular complexity index is 368. The van der Waals surface area contributed by atoms with Gasteiger partial charge in [-0.25, -0.2) is 0 Å². The van der Waals surface area contributed by atoms with E-state index in [9.17, 15) is 4.79 Å². The Morgan fingerprint density at radius 2 is 2.18 bits per heavy atom. The third-order valence-corrected chi connectivity index (χ3v) is 3.11. The summed E-state index contributed by atoms with van der Waals surface area (Å²) in [6.45, 7) is 2.77. The molecule has 0 saturated carbocycles. The number of nitrogens with one attached hydrogen (secondary N) is 1. The number of carbonyl (C=O) groups is 1. The van der Waals surface area contributed by atoms with E-state index in [0.717, 1.165) is 6.42 Å². The van der Waals surface area contributed by atoms with Crippen molar-refractivity contribution in [1.82, 2.24) is 5.32 Å². The first-order valence-corrected chi connectivity index (χ1v) is 6.20. The van der Waals surface area contributed by atoms with Crippen LogP contribution in [0, 0.1) is 5.92 Å². The number of carbonyl (C=O) groups excluding carboxylic acids is 1. The lowest BCUT2D eigenvalue weighted by atomic mass is 10.0. The third kappa shape index (κ3) is 4.36. The summed E-state index contributed by atoms with van der Waals surface area (Å²) in [7, 11) is 0. The Hall–Kier alpha value is -1.06. The summed E-state index contributed by atoms with van der Waals surface area (Å²) in [5.74, 6) is 0.151. The Morgan fingerprint density at radius 3 is 2.76 bits per heavy atom. The zero-order valence-electron chi connectivity index (χ0n) is 9.95. The van der Waals surface area contributed by atoms with E-state index in [1.54, 1.807) is 24.3 Å². The average Bonchev–Trinajstić information content (AvgIpc) is 2.34. The quantitative estimate of drug-likeness (QED) is 0.821. The van der Waals surface area contributed by atoms with Crippen LogP contribution in [-0.2, 0) is 0 Å². The summed E-state index contributed by atoms with van der Waals surface area (Å²) in [6, 6.07) is 6.97. The van der Waals surface area contributed by atoms with Crippen LogP contribution in [0.25, 0.3) is 0 Å². The molecule has 2 N–H and O–H groups in total. The minimum absolute atomic E-state index is 0.153. The first-order valence-electron chi connectivity index (χ1n) is 5.82. The largest absolute Gasteiger partial charge is 0.396 e. The molecule has 0 radical (unpaired) electrons. The van der Waals surface area contributed by atoms with Gasteiger partial charge in [-0.15, -0.1) is 0 Å². The van der Waals surface area contributed by atoms with Crippen molar-refractivity contribution >= 4 is 17.5 Å². The normalized spacial score (nSPS) is 12.2.